The van der Waals surface area contributed by atoms with Gasteiger partial charge in [0.1, 0.15) is 18.1 Å². The molecule has 6 nitrogen and oxygen atoms in total. The van der Waals surface area contributed by atoms with Crippen LogP contribution < -0.4 is 14.2 Å². The molecule has 2 aromatic rings. The zero-order valence-corrected chi connectivity index (χ0v) is 10.9. The molecule has 0 bridgehead atoms. The summed E-state index contributed by atoms with van der Waals surface area (Å²) in [6.45, 7) is 0. The van der Waals surface area contributed by atoms with Gasteiger partial charge in [-0.15, -0.1) is 0 Å². The van der Waals surface area contributed by atoms with Crippen molar-refractivity contribution in [2.75, 3.05) is 14.2 Å². The average molecular weight is 276 g/mol. The lowest BCUT2D eigenvalue weighted by molar-refractivity contribution is -0.106. The van der Waals surface area contributed by atoms with Crippen LogP contribution in [0, 0.1) is 0 Å². The van der Waals surface area contributed by atoms with Gasteiger partial charge in [0, 0.05) is 0 Å². The lowest BCUT2D eigenvalue weighted by Crippen LogP contribution is -2.13. The fourth-order valence-electron chi connectivity index (χ4n) is 2.36. The average Bonchev–Trinajstić information content (AvgIpc) is 2.94. The summed E-state index contributed by atoms with van der Waals surface area (Å²) in [5, 5.41) is 10.9. The van der Waals surface area contributed by atoms with Gasteiger partial charge in [-0.25, -0.2) is 0 Å². The summed E-state index contributed by atoms with van der Waals surface area (Å²) < 4.78 is 21.4. The normalized spacial score (nSPS) is 17.1. The Hall–Kier alpha value is -2.47. The number of carbonyl (C=O) groups excluding carboxylic acids is 1. The number of aliphatic hydroxyl groups is 1. The number of ether oxygens (including phenoxy) is 3. The summed E-state index contributed by atoms with van der Waals surface area (Å²) in [5.41, 5.74) is 0.918. The van der Waals surface area contributed by atoms with Gasteiger partial charge in [0.2, 0.25) is 5.75 Å². The minimum Gasteiger partial charge on any atom is -0.495 e. The van der Waals surface area contributed by atoms with Gasteiger partial charge in [-0.2, -0.15) is 0 Å². The summed E-state index contributed by atoms with van der Waals surface area (Å²) in [5.74, 6) is 1.02. The Morgan fingerprint density at radius 3 is 2.70 bits per heavy atom. The van der Waals surface area contributed by atoms with Gasteiger partial charge in [0.15, 0.2) is 17.6 Å². The van der Waals surface area contributed by atoms with Gasteiger partial charge in [-0.3, -0.25) is 4.79 Å². The Bertz CT molecular complexity index is 712. The Labute approximate surface area is 114 Å². The zero-order chi connectivity index (χ0) is 14.3. The predicted molar refractivity (Wildman–Crippen MR) is 69.1 cm³/mol. The Morgan fingerprint density at radius 1 is 1.30 bits per heavy atom. The second-order valence-corrected chi connectivity index (χ2v) is 4.23. The summed E-state index contributed by atoms with van der Waals surface area (Å²) >= 11 is 0. The van der Waals surface area contributed by atoms with Crippen molar-refractivity contribution in [2.45, 2.75) is 6.10 Å². The number of rotatable bonds is 3. The first kappa shape index (κ1) is 12.6. The first-order valence-corrected chi connectivity index (χ1v) is 5.88. The number of furan rings is 1. The van der Waals surface area contributed by atoms with Crippen molar-refractivity contribution in [2.24, 2.45) is 0 Å². The van der Waals surface area contributed by atoms with Gasteiger partial charge in [0.25, 0.3) is 0 Å². The van der Waals surface area contributed by atoms with Crippen LogP contribution in [0.4, 0.5) is 0 Å². The molecular formula is C14H12O6. The highest BCUT2D eigenvalue weighted by Gasteiger charge is 2.33. The first-order chi connectivity index (χ1) is 9.72. The number of benzene rings is 1. The van der Waals surface area contributed by atoms with E-state index in [1.165, 1.54) is 26.7 Å². The van der Waals surface area contributed by atoms with Crippen molar-refractivity contribution in [3.8, 4) is 17.2 Å². The third-order valence-electron chi connectivity index (χ3n) is 3.26. The Morgan fingerprint density at radius 2 is 2.05 bits per heavy atom. The first-order valence-electron chi connectivity index (χ1n) is 5.88. The van der Waals surface area contributed by atoms with Crippen LogP contribution in [0.15, 0.2) is 28.6 Å². The minimum absolute atomic E-state index is 0.112. The molecule has 3 rings (SSSR count). The molecule has 1 aliphatic rings. The van der Waals surface area contributed by atoms with Crippen LogP contribution in [0.5, 0.6) is 17.2 Å². The molecule has 0 spiro atoms. The van der Waals surface area contributed by atoms with Crippen LogP contribution in [0.2, 0.25) is 0 Å². The van der Waals surface area contributed by atoms with E-state index in [1.54, 1.807) is 6.07 Å². The molecule has 20 heavy (non-hydrogen) atoms. The largest absolute Gasteiger partial charge is 0.495 e. The Kier molecular flexibility index (Phi) is 2.87. The van der Waals surface area contributed by atoms with Gasteiger partial charge in [-0.1, -0.05) is 0 Å². The topological polar surface area (TPSA) is 78.1 Å². The van der Waals surface area contributed by atoms with Gasteiger partial charge >= 0.3 is 0 Å². The monoisotopic (exact) mass is 276 g/mol. The predicted octanol–water partition coefficient (Wildman–Crippen LogP) is 1.96. The van der Waals surface area contributed by atoms with E-state index in [0.29, 0.717) is 34.3 Å². The summed E-state index contributed by atoms with van der Waals surface area (Å²) in [7, 11) is 2.94. The summed E-state index contributed by atoms with van der Waals surface area (Å²) in [6.07, 6.45) is 2.08. The molecule has 0 fully saturated rings. The molecule has 1 aromatic heterocycles. The molecule has 104 valence electrons. The third kappa shape index (κ3) is 1.51. The molecule has 1 unspecified atom stereocenters. The number of hydrogen-bond donors (Lipinski definition) is 1. The van der Waals surface area contributed by atoms with Crippen molar-refractivity contribution in [1.82, 2.24) is 0 Å². The SMILES string of the molecule is COc1c2c(c(OC)c3occc13)OC=C(C=O)C2O. The minimum atomic E-state index is -1.14. The van der Waals surface area contributed by atoms with Crippen LogP contribution in [-0.2, 0) is 4.79 Å². The van der Waals surface area contributed by atoms with E-state index in [1.807, 2.05) is 0 Å². The molecule has 0 amide bonds. The van der Waals surface area contributed by atoms with Gasteiger partial charge < -0.3 is 23.7 Å². The van der Waals surface area contributed by atoms with E-state index in [9.17, 15) is 9.90 Å². The highest BCUT2D eigenvalue weighted by atomic mass is 16.5. The van der Waals surface area contributed by atoms with E-state index >= 15 is 0 Å². The number of aliphatic hydroxyl groups excluding tert-OH is 1. The molecule has 0 saturated heterocycles. The number of methoxy groups -OCH3 is 2. The van der Waals surface area contributed by atoms with Crippen LogP contribution in [0.3, 0.4) is 0 Å². The molecule has 1 aromatic carbocycles. The van der Waals surface area contributed by atoms with Crippen molar-refractivity contribution >= 4 is 17.3 Å². The molecule has 1 aliphatic heterocycles. The van der Waals surface area contributed by atoms with Crippen LogP contribution in [0.25, 0.3) is 11.0 Å². The fourth-order valence-corrected chi connectivity index (χ4v) is 2.36. The van der Waals surface area contributed by atoms with Gasteiger partial charge in [0.05, 0.1) is 37.0 Å². The van der Waals surface area contributed by atoms with E-state index in [-0.39, 0.29) is 11.3 Å². The van der Waals surface area contributed by atoms with Crippen molar-refractivity contribution in [3.05, 3.63) is 29.7 Å². The maximum Gasteiger partial charge on any atom is 0.205 e. The molecule has 6 heteroatoms. The number of aldehydes is 1. The lowest BCUT2D eigenvalue weighted by Gasteiger charge is -2.24. The highest BCUT2D eigenvalue weighted by Crippen LogP contribution is 2.51. The van der Waals surface area contributed by atoms with E-state index in [4.69, 9.17) is 18.6 Å². The lowest BCUT2D eigenvalue weighted by atomic mass is 9.97. The van der Waals surface area contributed by atoms with Crippen molar-refractivity contribution in [3.63, 3.8) is 0 Å². The van der Waals surface area contributed by atoms with Crippen LogP contribution in [-0.4, -0.2) is 25.6 Å². The fraction of sp³-hybridized carbons (Fsp3) is 0.214. The smallest absolute Gasteiger partial charge is 0.205 e. The van der Waals surface area contributed by atoms with E-state index in [0.717, 1.165) is 0 Å². The summed E-state index contributed by atoms with van der Waals surface area (Å²) in [4.78, 5) is 10.9. The van der Waals surface area contributed by atoms with Gasteiger partial charge in [-0.05, 0) is 6.07 Å². The second kappa shape index (κ2) is 4.57. The quantitative estimate of drug-likeness (QED) is 0.863. The summed E-state index contributed by atoms with van der Waals surface area (Å²) in [6, 6.07) is 1.70. The molecular weight excluding hydrogens is 264 g/mol. The molecule has 1 atom stereocenters. The molecule has 0 saturated carbocycles. The second-order valence-electron chi connectivity index (χ2n) is 4.23. The standard InChI is InChI=1S/C14H12O6/c1-17-11-8-3-4-19-12(8)14(18-2)13-9(11)10(16)7(5-15)6-20-13/h3-6,10,16H,1-2H3. The number of carbonyl (C=O) groups is 1. The molecule has 0 radical (unpaired) electrons. The highest BCUT2D eigenvalue weighted by molar-refractivity contribution is 5.95. The maximum atomic E-state index is 10.9. The third-order valence-corrected chi connectivity index (χ3v) is 3.26. The molecule has 1 N–H and O–H groups in total. The van der Waals surface area contributed by atoms with E-state index < -0.39 is 6.10 Å². The molecule has 2 heterocycles. The Balaban J connectivity index is 2.39. The number of fused-ring (bicyclic) bond motifs is 2. The zero-order valence-electron chi connectivity index (χ0n) is 10.9. The van der Waals surface area contributed by atoms with E-state index in [2.05, 4.69) is 0 Å². The molecule has 0 aliphatic carbocycles. The number of hydrogen-bond acceptors (Lipinski definition) is 6. The van der Waals surface area contributed by atoms with Crippen molar-refractivity contribution < 1.29 is 28.5 Å². The van der Waals surface area contributed by atoms with Crippen LogP contribution in [0.1, 0.15) is 11.7 Å². The maximum absolute atomic E-state index is 10.9. The van der Waals surface area contributed by atoms with Crippen LogP contribution >= 0.6 is 0 Å². The van der Waals surface area contributed by atoms with Crippen molar-refractivity contribution in [1.29, 1.82) is 0 Å².